The lowest BCUT2D eigenvalue weighted by molar-refractivity contribution is -0.132. The molecule has 0 aromatic carbocycles. The summed E-state index contributed by atoms with van der Waals surface area (Å²) in [5.41, 5.74) is 0. The molecule has 17 heavy (non-hydrogen) atoms. The van der Waals surface area contributed by atoms with Gasteiger partial charge < -0.3 is 15.0 Å². The molecule has 2 rings (SSSR count). The van der Waals surface area contributed by atoms with Crippen LogP contribution >= 0.6 is 0 Å². The van der Waals surface area contributed by atoms with Crippen LogP contribution in [0.3, 0.4) is 0 Å². The third-order valence-corrected chi connectivity index (χ3v) is 3.64. The van der Waals surface area contributed by atoms with Crippen LogP contribution in [0.15, 0.2) is 0 Å². The molecule has 2 heterocycles. The Hall–Kier alpha value is -0.650. The second-order valence-corrected chi connectivity index (χ2v) is 4.76. The van der Waals surface area contributed by atoms with Crippen LogP contribution < -0.4 is 5.32 Å². The predicted octanol–water partition coefficient (Wildman–Crippen LogP) is -0.471. The molecule has 1 amide bonds. The second kappa shape index (κ2) is 6.33. The molecule has 1 N–H and O–H groups in total. The Morgan fingerprint density at radius 1 is 1.35 bits per heavy atom. The van der Waals surface area contributed by atoms with E-state index >= 15 is 0 Å². The molecule has 0 bridgehead atoms. The van der Waals surface area contributed by atoms with E-state index in [0.717, 1.165) is 58.7 Å². The number of rotatable bonds is 5. The van der Waals surface area contributed by atoms with Crippen molar-refractivity contribution in [3.63, 3.8) is 0 Å². The number of carbonyl (C=O) groups is 1. The lowest BCUT2D eigenvalue weighted by Crippen LogP contribution is -2.51. The maximum Gasteiger partial charge on any atom is 0.239 e. The maximum absolute atomic E-state index is 12.2. The van der Waals surface area contributed by atoms with Crippen molar-refractivity contribution in [1.29, 1.82) is 0 Å². The zero-order valence-electron chi connectivity index (χ0n) is 10.7. The van der Waals surface area contributed by atoms with Gasteiger partial charge in [0, 0.05) is 53.0 Å². The van der Waals surface area contributed by atoms with Crippen molar-refractivity contribution in [3.8, 4) is 0 Å². The van der Waals surface area contributed by atoms with E-state index in [0.29, 0.717) is 5.91 Å². The number of hydrogen-bond acceptors (Lipinski definition) is 4. The minimum atomic E-state index is 0.139. The highest BCUT2D eigenvalue weighted by molar-refractivity contribution is 5.84. The molecule has 2 fully saturated rings. The average Bonchev–Trinajstić information content (AvgIpc) is 2.73. The fraction of sp³-hybridized carbons (Fsp3) is 0.917. The van der Waals surface area contributed by atoms with E-state index in [1.54, 1.807) is 7.11 Å². The first kappa shape index (κ1) is 12.8. The van der Waals surface area contributed by atoms with Crippen molar-refractivity contribution in [2.75, 3.05) is 53.0 Å². The highest BCUT2D eigenvalue weighted by Crippen LogP contribution is 2.17. The van der Waals surface area contributed by atoms with Gasteiger partial charge in [0.2, 0.25) is 5.91 Å². The van der Waals surface area contributed by atoms with E-state index in [1.165, 1.54) is 0 Å². The van der Waals surface area contributed by atoms with E-state index in [9.17, 15) is 4.79 Å². The largest absolute Gasteiger partial charge is 0.385 e. The van der Waals surface area contributed by atoms with E-state index in [-0.39, 0.29) is 6.04 Å². The normalized spacial score (nSPS) is 26.8. The zero-order chi connectivity index (χ0) is 12.1. The molecule has 5 heteroatoms. The summed E-state index contributed by atoms with van der Waals surface area (Å²) < 4.78 is 5.02. The number of nitrogens with one attached hydrogen (secondary N) is 1. The average molecular weight is 241 g/mol. The van der Waals surface area contributed by atoms with E-state index < -0.39 is 0 Å². The molecular formula is C12H23N3O2. The molecule has 0 aliphatic carbocycles. The number of piperazine rings is 1. The Kier molecular flexibility index (Phi) is 4.76. The fourth-order valence-electron chi connectivity index (χ4n) is 2.68. The van der Waals surface area contributed by atoms with Gasteiger partial charge in [0.25, 0.3) is 0 Å². The fourth-order valence-corrected chi connectivity index (χ4v) is 2.68. The van der Waals surface area contributed by atoms with Gasteiger partial charge >= 0.3 is 0 Å². The van der Waals surface area contributed by atoms with Gasteiger partial charge in [0.15, 0.2) is 0 Å². The standard InChI is InChI=1S/C12H23N3O2/c1-17-10-2-6-15-7-3-11(12(15)16)14-8-4-13-5-9-14/h11,13H,2-10H2,1H3. The summed E-state index contributed by atoms with van der Waals surface area (Å²) in [6, 6.07) is 0.139. The topological polar surface area (TPSA) is 44.8 Å². The van der Waals surface area contributed by atoms with Crippen molar-refractivity contribution in [2.45, 2.75) is 18.9 Å². The molecule has 0 aromatic heterocycles. The van der Waals surface area contributed by atoms with Gasteiger partial charge in [-0.25, -0.2) is 0 Å². The summed E-state index contributed by atoms with van der Waals surface area (Å²) in [4.78, 5) is 16.5. The highest BCUT2D eigenvalue weighted by atomic mass is 16.5. The van der Waals surface area contributed by atoms with Gasteiger partial charge in [-0.1, -0.05) is 0 Å². The van der Waals surface area contributed by atoms with Crippen molar-refractivity contribution in [1.82, 2.24) is 15.1 Å². The van der Waals surface area contributed by atoms with Crippen molar-refractivity contribution >= 4 is 5.91 Å². The number of methoxy groups -OCH3 is 1. The Morgan fingerprint density at radius 3 is 2.82 bits per heavy atom. The number of nitrogens with zero attached hydrogens (tertiary/aromatic N) is 2. The summed E-state index contributed by atoms with van der Waals surface area (Å²) in [7, 11) is 1.70. The van der Waals surface area contributed by atoms with E-state index in [1.807, 2.05) is 4.90 Å². The molecule has 1 atom stereocenters. The molecular weight excluding hydrogens is 218 g/mol. The van der Waals surface area contributed by atoms with Crippen molar-refractivity contribution in [2.24, 2.45) is 0 Å². The molecule has 2 aliphatic heterocycles. The molecule has 2 aliphatic rings. The first-order chi connectivity index (χ1) is 8.33. The number of hydrogen-bond donors (Lipinski definition) is 1. The van der Waals surface area contributed by atoms with Gasteiger partial charge in [-0.3, -0.25) is 9.69 Å². The van der Waals surface area contributed by atoms with Crippen LogP contribution in [0.1, 0.15) is 12.8 Å². The molecule has 0 spiro atoms. The van der Waals surface area contributed by atoms with Crippen LogP contribution in [0.5, 0.6) is 0 Å². The molecule has 0 aromatic rings. The molecule has 5 nitrogen and oxygen atoms in total. The summed E-state index contributed by atoms with van der Waals surface area (Å²) in [6.07, 6.45) is 1.93. The van der Waals surface area contributed by atoms with Gasteiger partial charge in [-0.05, 0) is 12.8 Å². The van der Waals surface area contributed by atoms with E-state index in [4.69, 9.17) is 4.74 Å². The lowest BCUT2D eigenvalue weighted by atomic mass is 10.2. The Bertz CT molecular complexity index is 254. The number of carbonyl (C=O) groups excluding carboxylic acids is 1. The summed E-state index contributed by atoms with van der Waals surface area (Å²) in [6.45, 7) is 6.51. The first-order valence-corrected chi connectivity index (χ1v) is 6.55. The number of likely N-dealkylation sites (tertiary alicyclic amines) is 1. The van der Waals surface area contributed by atoms with Crippen LogP contribution in [-0.4, -0.2) is 74.7 Å². The third kappa shape index (κ3) is 3.18. The number of amides is 1. The Labute approximate surface area is 103 Å². The lowest BCUT2D eigenvalue weighted by Gasteiger charge is -2.31. The van der Waals surface area contributed by atoms with Gasteiger partial charge in [-0.15, -0.1) is 0 Å². The van der Waals surface area contributed by atoms with Gasteiger partial charge in [0.1, 0.15) is 0 Å². The highest BCUT2D eigenvalue weighted by Gasteiger charge is 2.35. The summed E-state index contributed by atoms with van der Waals surface area (Å²) in [5, 5.41) is 3.32. The first-order valence-electron chi connectivity index (χ1n) is 6.55. The van der Waals surface area contributed by atoms with Crippen LogP contribution in [0.25, 0.3) is 0 Å². The predicted molar refractivity (Wildman–Crippen MR) is 65.9 cm³/mol. The molecule has 0 saturated carbocycles. The van der Waals surface area contributed by atoms with Gasteiger partial charge in [-0.2, -0.15) is 0 Å². The Balaban J connectivity index is 1.79. The van der Waals surface area contributed by atoms with Crippen LogP contribution in [0, 0.1) is 0 Å². The Morgan fingerprint density at radius 2 is 2.12 bits per heavy atom. The van der Waals surface area contributed by atoms with E-state index in [2.05, 4.69) is 10.2 Å². The molecule has 2 saturated heterocycles. The summed E-state index contributed by atoms with van der Waals surface area (Å²) in [5.74, 6) is 0.322. The van der Waals surface area contributed by atoms with Crippen LogP contribution in [0.2, 0.25) is 0 Å². The minimum Gasteiger partial charge on any atom is -0.385 e. The second-order valence-electron chi connectivity index (χ2n) is 4.76. The monoisotopic (exact) mass is 241 g/mol. The van der Waals surface area contributed by atoms with Crippen LogP contribution in [-0.2, 0) is 9.53 Å². The van der Waals surface area contributed by atoms with Gasteiger partial charge in [0.05, 0.1) is 6.04 Å². The zero-order valence-corrected chi connectivity index (χ0v) is 10.7. The van der Waals surface area contributed by atoms with Crippen LogP contribution in [0.4, 0.5) is 0 Å². The molecule has 0 radical (unpaired) electrons. The smallest absolute Gasteiger partial charge is 0.239 e. The maximum atomic E-state index is 12.2. The van der Waals surface area contributed by atoms with Crippen molar-refractivity contribution in [3.05, 3.63) is 0 Å². The SMILES string of the molecule is COCCCN1CCC(N2CCNCC2)C1=O. The quantitative estimate of drug-likeness (QED) is 0.661. The minimum absolute atomic E-state index is 0.139. The molecule has 1 unspecified atom stereocenters. The molecule has 98 valence electrons. The van der Waals surface area contributed by atoms with Crippen molar-refractivity contribution < 1.29 is 9.53 Å². The summed E-state index contributed by atoms with van der Waals surface area (Å²) >= 11 is 0. The third-order valence-electron chi connectivity index (χ3n) is 3.64. The number of ether oxygens (including phenoxy) is 1.